The van der Waals surface area contributed by atoms with Gasteiger partial charge in [0.25, 0.3) is 0 Å². The maximum atomic E-state index is 13.6. The first-order valence-corrected chi connectivity index (χ1v) is 5.73. The van der Waals surface area contributed by atoms with E-state index in [1.54, 1.807) is 12.1 Å². The van der Waals surface area contributed by atoms with Gasteiger partial charge in [-0.2, -0.15) is 0 Å². The maximum absolute atomic E-state index is 13.6. The number of methoxy groups -OCH3 is 1. The molecule has 1 aliphatic rings. The zero-order valence-electron chi connectivity index (χ0n) is 10.0. The Morgan fingerprint density at radius 1 is 1.53 bits per heavy atom. The molecule has 0 amide bonds. The van der Waals surface area contributed by atoms with Crippen LogP contribution in [0.15, 0.2) is 24.3 Å². The second-order valence-electron chi connectivity index (χ2n) is 4.26. The average Bonchev–Trinajstić information content (AvgIpc) is 2.27. The summed E-state index contributed by atoms with van der Waals surface area (Å²) < 4.78 is 18.4. The SMILES string of the molecule is COC(=O)C1CCN1C(C)c1ccccc1F. The molecule has 3 nitrogen and oxygen atoms in total. The molecule has 0 spiro atoms. The van der Waals surface area contributed by atoms with Crippen molar-refractivity contribution in [1.29, 1.82) is 0 Å². The smallest absolute Gasteiger partial charge is 0.323 e. The van der Waals surface area contributed by atoms with Crippen LogP contribution in [0.5, 0.6) is 0 Å². The number of hydrogen-bond donors (Lipinski definition) is 0. The van der Waals surface area contributed by atoms with Crippen molar-refractivity contribution in [3.8, 4) is 0 Å². The Balaban J connectivity index is 2.13. The predicted molar refractivity (Wildman–Crippen MR) is 61.9 cm³/mol. The molecule has 17 heavy (non-hydrogen) atoms. The van der Waals surface area contributed by atoms with Gasteiger partial charge in [-0.05, 0) is 19.4 Å². The third kappa shape index (κ3) is 2.17. The summed E-state index contributed by atoms with van der Waals surface area (Å²) in [5, 5.41) is 0. The van der Waals surface area contributed by atoms with E-state index in [9.17, 15) is 9.18 Å². The van der Waals surface area contributed by atoms with Gasteiger partial charge >= 0.3 is 5.97 Å². The van der Waals surface area contributed by atoms with Gasteiger partial charge in [0, 0.05) is 18.2 Å². The van der Waals surface area contributed by atoms with Gasteiger partial charge in [-0.25, -0.2) is 4.39 Å². The van der Waals surface area contributed by atoms with Gasteiger partial charge in [0.15, 0.2) is 0 Å². The van der Waals surface area contributed by atoms with E-state index in [1.807, 2.05) is 17.9 Å². The first-order valence-electron chi connectivity index (χ1n) is 5.73. The summed E-state index contributed by atoms with van der Waals surface area (Å²) in [6, 6.07) is 6.34. The van der Waals surface area contributed by atoms with E-state index in [4.69, 9.17) is 4.74 Å². The number of hydrogen-bond acceptors (Lipinski definition) is 3. The van der Waals surface area contributed by atoms with Crippen LogP contribution in [0.25, 0.3) is 0 Å². The molecule has 2 unspecified atom stereocenters. The van der Waals surface area contributed by atoms with Crippen molar-refractivity contribution in [2.45, 2.75) is 25.4 Å². The van der Waals surface area contributed by atoms with Crippen LogP contribution in [0.1, 0.15) is 24.9 Å². The molecule has 0 N–H and O–H groups in total. The molecule has 1 aliphatic heterocycles. The number of rotatable bonds is 3. The second-order valence-corrected chi connectivity index (χ2v) is 4.26. The lowest BCUT2D eigenvalue weighted by Crippen LogP contribution is -2.53. The van der Waals surface area contributed by atoms with E-state index in [0.717, 1.165) is 13.0 Å². The first kappa shape index (κ1) is 12.0. The molecule has 2 atom stereocenters. The normalized spacial score (nSPS) is 21.7. The molecule has 0 bridgehead atoms. The average molecular weight is 237 g/mol. The Bertz CT molecular complexity index is 422. The van der Waals surface area contributed by atoms with Crippen molar-refractivity contribution in [1.82, 2.24) is 4.90 Å². The summed E-state index contributed by atoms with van der Waals surface area (Å²) in [6.45, 7) is 2.71. The van der Waals surface area contributed by atoms with E-state index < -0.39 is 0 Å². The quantitative estimate of drug-likeness (QED) is 0.754. The van der Waals surface area contributed by atoms with E-state index in [2.05, 4.69) is 0 Å². The van der Waals surface area contributed by atoms with Crippen molar-refractivity contribution in [3.05, 3.63) is 35.6 Å². The zero-order valence-corrected chi connectivity index (χ0v) is 10.0. The fourth-order valence-electron chi connectivity index (χ4n) is 2.25. The number of halogens is 1. The minimum absolute atomic E-state index is 0.103. The van der Waals surface area contributed by atoms with Gasteiger partial charge in [0.2, 0.25) is 0 Å². The molecule has 1 aromatic rings. The van der Waals surface area contributed by atoms with Crippen LogP contribution >= 0.6 is 0 Å². The maximum Gasteiger partial charge on any atom is 0.323 e. The fourth-order valence-corrected chi connectivity index (χ4v) is 2.25. The lowest BCUT2D eigenvalue weighted by Gasteiger charge is -2.43. The molecule has 0 saturated carbocycles. The van der Waals surface area contributed by atoms with Gasteiger partial charge in [-0.15, -0.1) is 0 Å². The predicted octanol–water partition coefficient (Wildman–Crippen LogP) is 2.13. The summed E-state index contributed by atoms with van der Waals surface area (Å²) in [4.78, 5) is 13.4. The van der Waals surface area contributed by atoms with Gasteiger partial charge in [0.05, 0.1) is 7.11 Å². The Morgan fingerprint density at radius 2 is 2.24 bits per heavy atom. The molecular formula is C13H16FNO2. The summed E-state index contributed by atoms with van der Waals surface area (Å²) in [7, 11) is 1.38. The molecule has 1 fully saturated rings. The lowest BCUT2D eigenvalue weighted by atomic mass is 9.96. The highest BCUT2D eigenvalue weighted by molar-refractivity contribution is 5.76. The van der Waals surface area contributed by atoms with Crippen LogP contribution in [0, 0.1) is 5.82 Å². The Kier molecular flexibility index (Phi) is 3.43. The standard InChI is InChI=1S/C13H16FNO2/c1-9(10-5-3-4-6-11(10)14)15-8-7-12(15)13(16)17-2/h3-6,9,12H,7-8H2,1-2H3. The Labute approximate surface area is 100 Å². The van der Waals surface area contributed by atoms with E-state index >= 15 is 0 Å². The van der Waals surface area contributed by atoms with Crippen LogP contribution in [0.3, 0.4) is 0 Å². The number of benzene rings is 1. The summed E-state index contributed by atoms with van der Waals surface area (Å²) in [5.74, 6) is -0.463. The summed E-state index contributed by atoms with van der Waals surface area (Å²) in [5.41, 5.74) is 0.626. The van der Waals surface area contributed by atoms with Crippen LogP contribution in [-0.4, -0.2) is 30.6 Å². The van der Waals surface area contributed by atoms with Gasteiger partial charge in [-0.3, -0.25) is 9.69 Å². The lowest BCUT2D eigenvalue weighted by molar-refractivity contribution is -0.153. The van der Waals surface area contributed by atoms with E-state index in [0.29, 0.717) is 5.56 Å². The summed E-state index contributed by atoms with van der Waals surface area (Å²) >= 11 is 0. The van der Waals surface area contributed by atoms with Crippen molar-refractivity contribution in [3.63, 3.8) is 0 Å². The van der Waals surface area contributed by atoms with Crippen molar-refractivity contribution < 1.29 is 13.9 Å². The number of carbonyl (C=O) groups excluding carboxylic acids is 1. The minimum atomic E-state index is -0.237. The fraction of sp³-hybridized carbons (Fsp3) is 0.462. The molecule has 92 valence electrons. The molecule has 0 aliphatic carbocycles. The van der Waals surface area contributed by atoms with Gasteiger partial charge in [0.1, 0.15) is 11.9 Å². The van der Waals surface area contributed by atoms with Gasteiger partial charge < -0.3 is 4.74 Å². The van der Waals surface area contributed by atoms with Crippen LogP contribution in [0.4, 0.5) is 4.39 Å². The third-order valence-corrected chi connectivity index (χ3v) is 3.39. The van der Waals surface area contributed by atoms with Crippen molar-refractivity contribution in [2.24, 2.45) is 0 Å². The number of nitrogens with zero attached hydrogens (tertiary/aromatic N) is 1. The molecule has 1 aromatic carbocycles. The molecular weight excluding hydrogens is 221 g/mol. The summed E-state index contributed by atoms with van der Waals surface area (Å²) in [6.07, 6.45) is 0.783. The molecule has 4 heteroatoms. The molecule has 1 heterocycles. The largest absolute Gasteiger partial charge is 0.468 e. The molecule has 0 radical (unpaired) electrons. The van der Waals surface area contributed by atoms with E-state index in [-0.39, 0.29) is 23.9 Å². The van der Waals surface area contributed by atoms with Crippen LogP contribution in [0.2, 0.25) is 0 Å². The van der Waals surface area contributed by atoms with Crippen molar-refractivity contribution in [2.75, 3.05) is 13.7 Å². The number of esters is 1. The Morgan fingerprint density at radius 3 is 2.76 bits per heavy atom. The first-order chi connectivity index (χ1) is 8.15. The van der Waals surface area contributed by atoms with Crippen LogP contribution < -0.4 is 0 Å². The monoisotopic (exact) mass is 237 g/mol. The van der Waals surface area contributed by atoms with Crippen LogP contribution in [-0.2, 0) is 9.53 Å². The van der Waals surface area contributed by atoms with Gasteiger partial charge in [-0.1, -0.05) is 18.2 Å². The third-order valence-electron chi connectivity index (χ3n) is 3.39. The van der Waals surface area contributed by atoms with E-state index in [1.165, 1.54) is 13.2 Å². The Hall–Kier alpha value is -1.42. The topological polar surface area (TPSA) is 29.5 Å². The molecule has 1 saturated heterocycles. The number of ether oxygens (including phenoxy) is 1. The number of likely N-dealkylation sites (tertiary alicyclic amines) is 1. The highest BCUT2D eigenvalue weighted by Crippen LogP contribution is 2.31. The number of carbonyl (C=O) groups is 1. The zero-order chi connectivity index (χ0) is 12.4. The molecule has 2 rings (SSSR count). The highest BCUT2D eigenvalue weighted by atomic mass is 19.1. The highest BCUT2D eigenvalue weighted by Gasteiger charge is 2.38. The second kappa shape index (κ2) is 4.84. The minimum Gasteiger partial charge on any atom is -0.468 e. The molecule has 0 aromatic heterocycles. The van der Waals surface area contributed by atoms with Crippen molar-refractivity contribution >= 4 is 5.97 Å².